The molecule has 0 aromatic carbocycles. The lowest BCUT2D eigenvalue weighted by atomic mass is 9.90. The molecular formula is C12H19N3O2. The Labute approximate surface area is 101 Å². The molecule has 0 aromatic rings. The number of hydrogen-bond acceptors (Lipinski definition) is 4. The molecule has 1 saturated heterocycles. The highest BCUT2D eigenvalue weighted by Crippen LogP contribution is 2.27. The smallest absolute Gasteiger partial charge is 0.249 e. The molecule has 0 bridgehead atoms. The van der Waals surface area contributed by atoms with E-state index in [0.717, 1.165) is 18.7 Å². The van der Waals surface area contributed by atoms with Crippen LogP contribution in [0.25, 0.3) is 0 Å². The number of primary amides is 1. The number of rotatable bonds is 2. The Balaban J connectivity index is 2.05. The number of aliphatic hydroxyl groups is 1. The van der Waals surface area contributed by atoms with Gasteiger partial charge in [0, 0.05) is 32.1 Å². The summed E-state index contributed by atoms with van der Waals surface area (Å²) in [6.45, 7) is 3.34. The van der Waals surface area contributed by atoms with Gasteiger partial charge in [-0.15, -0.1) is 0 Å². The molecule has 1 amide bonds. The van der Waals surface area contributed by atoms with Crippen molar-refractivity contribution in [1.29, 1.82) is 0 Å². The minimum absolute atomic E-state index is 0.384. The van der Waals surface area contributed by atoms with Crippen LogP contribution in [0.15, 0.2) is 16.4 Å². The summed E-state index contributed by atoms with van der Waals surface area (Å²) < 4.78 is 0. The van der Waals surface area contributed by atoms with Crippen molar-refractivity contribution in [3.8, 4) is 0 Å². The average Bonchev–Trinajstić information content (AvgIpc) is 2.31. The van der Waals surface area contributed by atoms with Crippen molar-refractivity contribution < 1.29 is 9.90 Å². The van der Waals surface area contributed by atoms with Crippen molar-refractivity contribution in [2.75, 3.05) is 13.1 Å². The summed E-state index contributed by atoms with van der Waals surface area (Å²) >= 11 is 0. The van der Waals surface area contributed by atoms with Crippen molar-refractivity contribution in [1.82, 2.24) is 4.90 Å². The van der Waals surface area contributed by atoms with Gasteiger partial charge in [-0.3, -0.25) is 4.79 Å². The Kier molecular flexibility index (Phi) is 3.19. The molecule has 0 aromatic heterocycles. The number of aliphatic imine (C=N–C) groups is 1. The molecule has 2 aliphatic heterocycles. The van der Waals surface area contributed by atoms with E-state index in [1.54, 1.807) is 0 Å². The van der Waals surface area contributed by atoms with E-state index in [-0.39, 0.29) is 0 Å². The van der Waals surface area contributed by atoms with Gasteiger partial charge in [0.25, 0.3) is 0 Å². The zero-order valence-corrected chi connectivity index (χ0v) is 10.1. The van der Waals surface area contributed by atoms with Crippen LogP contribution in [0, 0.1) is 0 Å². The molecule has 0 aliphatic carbocycles. The zero-order valence-electron chi connectivity index (χ0n) is 10.1. The van der Waals surface area contributed by atoms with Crippen LogP contribution >= 0.6 is 0 Å². The van der Waals surface area contributed by atoms with E-state index >= 15 is 0 Å². The fourth-order valence-corrected chi connectivity index (χ4v) is 2.34. The van der Waals surface area contributed by atoms with Gasteiger partial charge in [-0.05, 0) is 25.3 Å². The number of likely N-dealkylation sites (tertiary alicyclic amines) is 1. The molecule has 2 rings (SSSR count). The van der Waals surface area contributed by atoms with E-state index in [0.29, 0.717) is 25.9 Å². The fourth-order valence-electron chi connectivity index (χ4n) is 2.34. The van der Waals surface area contributed by atoms with Crippen molar-refractivity contribution >= 4 is 12.1 Å². The highest BCUT2D eigenvalue weighted by Gasteiger charge is 2.38. The third kappa shape index (κ3) is 2.34. The van der Waals surface area contributed by atoms with Gasteiger partial charge in [-0.25, -0.2) is 4.99 Å². The van der Waals surface area contributed by atoms with Gasteiger partial charge >= 0.3 is 0 Å². The maximum absolute atomic E-state index is 11.1. The molecule has 0 saturated carbocycles. The number of carbonyl (C=O) groups is 1. The third-order valence-corrected chi connectivity index (χ3v) is 3.59. The Morgan fingerprint density at radius 2 is 2.18 bits per heavy atom. The second-order valence-electron chi connectivity index (χ2n) is 4.84. The van der Waals surface area contributed by atoms with E-state index in [9.17, 15) is 9.90 Å². The Morgan fingerprint density at radius 1 is 1.53 bits per heavy atom. The fraction of sp³-hybridized carbons (Fsp3) is 0.667. The average molecular weight is 237 g/mol. The molecule has 5 nitrogen and oxygen atoms in total. The minimum atomic E-state index is -1.33. The maximum Gasteiger partial charge on any atom is 0.249 e. The number of carbonyl (C=O) groups excluding carboxylic acids is 1. The maximum atomic E-state index is 11.1. The van der Waals surface area contributed by atoms with Gasteiger partial charge in [0.15, 0.2) is 0 Å². The van der Waals surface area contributed by atoms with E-state index in [4.69, 9.17) is 5.73 Å². The summed E-state index contributed by atoms with van der Waals surface area (Å²) in [7, 11) is 0. The van der Waals surface area contributed by atoms with E-state index in [2.05, 4.69) is 16.8 Å². The Hall–Kier alpha value is -1.36. The number of amides is 1. The van der Waals surface area contributed by atoms with Crippen LogP contribution in [0.2, 0.25) is 0 Å². The summed E-state index contributed by atoms with van der Waals surface area (Å²) in [4.78, 5) is 17.7. The summed E-state index contributed by atoms with van der Waals surface area (Å²) in [6, 6.07) is 0. The van der Waals surface area contributed by atoms with Crippen molar-refractivity contribution in [3.63, 3.8) is 0 Å². The van der Waals surface area contributed by atoms with E-state index in [1.807, 2.05) is 6.21 Å². The number of nitrogens with zero attached hydrogens (tertiary/aromatic N) is 2. The number of hydrogen-bond donors (Lipinski definition) is 2. The van der Waals surface area contributed by atoms with Crippen LogP contribution in [0.5, 0.6) is 0 Å². The van der Waals surface area contributed by atoms with Crippen molar-refractivity contribution in [2.45, 2.75) is 38.2 Å². The van der Waals surface area contributed by atoms with Crippen molar-refractivity contribution in [2.24, 2.45) is 10.7 Å². The normalized spacial score (nSPS) is 24.0. The molecule has 2 heterocycles. The Bertz CT molecular complexity index is 379. The quantitative estimate of drug-likeness (QED) is 0.729. The van der Waals surface area contributed by atoms with Crippen LogP contribution in [0.3, 0.4) is 0 Å². The first-order chi connectivity index (χ1) is 8.03. The summed E-state index contributed by atoms with van der Waals surface area (Å²) in [5.74, 6) is 0.387. The zero-order chi connectivity index (χ0) is 12.5. The lowest BCUT2D eigenvalue weighted by molar-refractivity contribution is -0.140. The number of piperidine rings is 1. The molecule has 17 heavy (non-hydrogen) atoms. The van der Waals surface area contributed by atoms with Gasteiger partial charge in [-0.2, -0.15) is 0 Å². The highest BCUT2D eigenvalue weighted by atomic mass is 16.3. The molecule has 0 atom stereocenters. The molecule has 5 heteroatoms. The first kappa shape index (κ1) is 12.1. The second kappa shape index (κ2) is 4.49. The van der Waals surface area contributed by atoms with E-state index in [1.165, 1.54) is 5.57 Å². The topological polar surface area (TPSA) is 78.9 Å². The molecule has 0 unspecified atom stereocenters. The van der Waals surface area contributed by atoms with Gasteiger partial charge in [0.1, 0.15) is 11.4 Å². The van der Waals surface area contributed by atoms with Gasteiger partial charge in [-0.1, -0.05) is 0 Å². The summed E-state index contributed by atoms with van der Waals surface area (Å²) in [5, 5.41) is 9.97. The van der Waals surface area contributed by atoms with Gasteiger partial charge < -0.3 is 15.7 Å². The molecule has 0 spiro atoms. The molecule has 1 fully saturated rings. The molecule has 3 N–H and O–H groups in total. The molecule has 2 aliphatic rings. The SMILES string of the molecule is CC1=C(N2CCC(O)(C(N)=O)CC2)N=CCC1. The largest absolute Gasteiger partial charge is 0.380 e. The lowest BCUT2D eigenvalue weighted by Crippen LogP contribution is -2.52. The third-order valence-electron chi connectivity index (χ3n) is 3.59. The van der Waals surface area contributed by atoms with Crippen LogP contribution in [-0.2, 0) is 4.79 Å². The van der Waals surface area contributed by atoms with Crippen LogP contribution < -0.4 is 5.73 Å². The molecule has 94 valence electrons. The molecular weight excluding hydrogens is 218 g/mol. The molecule has 0 radical (unpaired) electrons. The second-order valence-corrected chi connectivity index (χ2v) is 4.84. The highest BCUT2D eigenvalue weighted by molar-refractivity contribution is 5.83. The predicted octanol–water partition coefficient (Wildman–Crippen LogP) is 0.395. The van der Waals surface area contributed by atoms with Gasteiger partial charge in [0.05, 0.1) is 0 Å². The standard InChI is InChI=1S/C12H19N3O2/c1-9-3-2-6-14-10(9)15-7-4-12(17,5-8-15)11(13)16/h6,17H,2-5,7-8H2,1H3,(H2,13,16). The monoisotopic (exact) mass is 237 g/mol. The first-order valence-electron chi connectivity index (χ1n) is 6.02. The Morgan fingerprint density at radius 3 is 2.71 bits per heavy atom. The van der Waals surface area contributed by atoms with Crippen molar-refractivity contribution in [3.05, 3.63) is 11.4 Å². The van der Waals surface area contributed by atoms with Crippen LogP contribution in [0.4, 0.5) is 0 Å². The lowest BCUT2D eigenvalue weighted by Gasteiger charge is -2.38. The summed E-state index contributed by atoms with van der Waals surface area (Å²) in [6.07, 6.45) is 4.73. The summed E-state index contributed by atoms with van der Waals surface area (Å²) in [5.41, 5.74) is 5.15. The number of nitrogens with two attached hydrogens (primary N) is 1. The van der Waals surface area contributed by atoms with Crippen LogP contribution in [0.1, 0.15) is 32.6 Å². The van der Waals surface area contributed by atoms with Crippen LogP contribution in [-0.4, -0.2) is 40.8 Å². The predicted molar refractivity (Wildman–Crippen MR) is 65.4 cm³/mol. The van der Waals surface area contributed by atoms with Gasteiger partial charge in [0.2, 0.25) is 5.91 Å². The first-order valence-corrected chi connectivity index (χ1v) is 6.02. The number of allylic oxidation sites excluding steroid dienone is 1. The van der Waals surface area contributed by atoms with E-state index < -0.39 is 11.5 Å². The minimum Gasteiger partial charge on any atom is -0.380 e.